The van der Waals surface area contributed by atoms with Crippen LogP contribution in [-0.2, 0) is 0 Å². The molecule has 122 valence electrons. The number of nitrogens with one attached hydrogen (secondary N) is 1. The predicted octanol–water partition coefficient (Wildman–Crippen LogP) is 3.50. The number of benzene rings is 1. The molecule has 3 rings (SSSR count). The van der Waals surface area contributed by atoms with Crippen LogP contribution in [0.15, 0.2) is 18.2 Å². The molecule has 0 amide bonds. The molecule has 1 fully saturated rings. The molecule has 2 aliphatic heterocycles. The van der Waals surface area contributed by atoms with Gasteiger partial charge in [-0.25, -0.2) is 4.39 Å². The van der Waals surface area contributed by atoms with E-state index < -0.39 is 0 Å². The van der Waals surface area contributed by atoms with Gasteiger partial charge < -0.3 is 15.0 Å². The molecule has 1 atom stereocenters. The molecule has 0 aliphatic carbocycles. The van der Waals surface area contributed by atoms with Gasteiger partial charge in [0.1, 0.15) is 17.2 Å². The summed E-state index contributed by atoms with van der Waals surface area (Å²) < 4.78 is 20.0. The molecule has 0 bridgehead atoms. The zero-order valence-electron chi connectivity index (χ0n) is 13.7. The first kappa shape index (κ1) is 15.8. The Morgan fingerprint density at radius 1 is 1.36 bits per heavy atom. The third kappa shape index (κ3) is 3.28. The summed E-state index contributed by atoms with van der Waals surface area (Å²) in [5, 5.41) is 3.63. The van der Waals surface area contributed by atoms with E-state index in [4.69, 9.17) is 4.74 Å². The topological polar surface area (TPSA) is 24.5 Å². The van der Waals surface area contributed by atoms with Crippen molar-refractivity contribution in [3.8, 4) is 5.75 Å². The lowest BCUT2D eigenvalue weighted by Crippen LogP contribution is -2.51. The standard InChI is InChI=1S/C18H27FN2O/c1-3-4-9-20-16-13-18(7-10-21(2)11-8-18)22-17-6-5-14(19)12-15(16)17/h5-6,12,16,20H,3-4,7-11,13H2,1-2H3. The molecular formula is C18H27FN2O. The Labute approximate surface area is 132 Å². The second-order valence-corrected chi connectivity index (χ2v) is 6.83. The zero-order valence-corrected chi connectivity index (χ0v) is 13.7. The highest BCUT2D eigenvalue weighted by Gasteiger charge is 2.42. The van der Waals surface area contributed by atoms with E-state index in [0.29, 0.717) is 0 Å². The zero-order chi connectivity index (χ0) is 15.6. The van der Waals surface area contributed by atoms with Crippen LogP contribution in [0.4, 0.5) is 4.39 Å². The number of likely N-dealkylation sites (tertiary alicyclic amines) is 1. The van der Waals surface area contributed by atoms with Crippen molar-refractivity contribution < 1.29 is 9.13 Å². The van der Waals surface area contributed by atoms with Crippen LogP contribution in [0, 0.1) is 5.82 Å². The number of rotatable bonds is 4. The van der Waals surface area contributed by atoms with Gasteiger partial charge in [0.2, 0.25) is 0 Å². The maximum atomic E-state index is 13.7. The minimum atomic E-state index is -0.177. The van der Waals surface area contributed by atoms with Crippen LogP contribution >= 0.6 is 0 Å². The quantitative estimate of drug-likeness (QED) is 0.862. The van der Waals surface area contributed by atoms with Gasteiger partial charge in [-0.3, -0.25) is 0 Å². The third-order valence-corrected chi connectivity index (χ3v) is 5.07. The summed E-state index contributed by atoms with van der Waals surface area (Å²) in [6, 6.07) is 5.16. The van der Waals surface area contributed by atoms with Gasteiger partial charge in [0.15, 0.2) is 0 Å². The van der Waals surface area contributed by atoms with Crippen LogP contribution in [0.3, 0.4) is 0 Å². The molecule has 4 heteroatoms. The summed E-state index contributed by atoms with van der Waals surface area (Å²) in [6.45, 7) is 5.31. The van der Waals surface area contributed by atoms with Gasteiger partial charge in [0, 0.05) is 31.1 Å². The van der Waals surface area contributed by atoms with Crippen LogP contribution in [-0.4, -0.2) is 37.2 Å². The second-order valence-electron chi connectivity index (χ2n) is 6.83. The molecule has 2 heterocycles. The highest BCUT2D eigenvalue weighted by molar-refractivity contribution is 5.39. The van der Waals surface area contributed by atoms with Gasteiger partial charge in [0.05, 0.1) is 0 Å². The number of nitrogens with zero attached hydrogens (tertiary/aromatic N) is 1. The Kier molecular flexibility index (Phi) is 4.69. The summed E-state index contributed by atoms with van der Waals surface area (Å²) in [5.41, 5.74) is 0.905. The number of unbranched alkanes of at least 4 members (excludes halogenated alkanes) is 1. The van der Waals surface area contributed by atoms with Crippen LogP contribution in [0.5, 0.6) is 5.75 Å². The average molecular weight is 306 g/mol. The van der Waals surface area contributed by atoms with E-state index in [0.717, 1.165) is 56.6 Å². The van der Waals surface area contributed by atoms with E-state index in [1.165, 1.54) is 12.5 Å². The Morgan fingerprint density at radius 3 is 2.86 bits per heavy atom. The van der Waals surface area contributed by atoms with Gasteiger partial charge in [-0.2, -0.15) is 0 Å². The molecule has 1 N–H and O–H groups in total. The Morgan fingerprint density at radius 2 is 2.14 bits per heavy atom. The fourth-order valence-electron chi connectivity index (χ4n) is 3.61. The van der Waals surface area contributed by atoms with E-state index in [2.05, 4.69) is 24.2 Å². The maximum Gasteiger partial charge on any atom is 0.125 e. The van der Waals surface area contributed by atoms with Crippen LogP contribution in [0.1, 0.15) is 50.6 Å². The molecule has 22 heavy (non-hydrogen) atoms. The summed E-state index contributed by atoms with van der Waals surface area (Å²) in [5.74, 6) is 0.690. The summed E-state index contributed by atoms with van der Waals surface area (Å²) >= 11 is 0. The van der Waals surface area contributed by atoms with E-state index in [9.17, 15) is 4.39 Å². The number of halogens is 1. The largest absolute Gasteiger partial charge is 0.487 e. The van der Waals surface area contributed by atoms with E-state index in [1.54, 1.807) is 12.1 Å². The lowest BCUT2D eigenvalue weighted by molar-refractivity contribution is -0.0203. The number of piperidine rings is 1. The first-order valence-corrected chi connectivity index (χ1v) is 8.52. The highest BCUT2D eigenvalue weighted by Crippen LogP contribution is 2.44. The molecule has 1 spiro atoms. The summed E-state index contributed by atoms with van der Waals surface area (Å²) in [4.78, 5) is 2.36. The molecule has 1 saturated heterocycles. The van der Waals surface area contributed by atoms with Crippen molar-refractivity contribution in [1.29, 1.82) is 0 Å². The SMILES string of the molecule is CCCCNC1CC2(CCN(C)CC2)Oc2ccc(F)cc21. The summed E-state index contributed by atoms with van der Waals surface area (Å²) in [6.07, 6.45) is 5.36. The van der Waals surface area contributed by atoms with Gasteiger partial charge in [-0.15, -0.1) is 0 Å². The minimum Gasteiger partial charge on any atom is -0.487 e. The van der Waals surface area contributed by atoms with Crippen molar-refractivity contribution >= 4 is 0 Å². The van der Waals surface area contributed by atoms with E-state index >= 15 is 0 Å². The molecule has 1 aromatic carbocycles. The number of hydrogen-bond donors (Lipinski definition) is 1. The smallest absolute Gasteiger partial charge is 0.125 e. The number of ether oxygens (including phenoxy) is 1. The molecule has 1 aromatic rings. The third-order valence-electron chi connectivity index (χ3n) is 5.07. The van der Waals surface area contributed by atoms with Gasteiger partial charge in [-0.1, -0.05) is 13.3 Å². The first-order valence-electron chi connectivity index (χ1n) is 8.52. The van der Waals surface area contributed by atoms with Crippen molar-refractivity contribution in [3.05, 3.63) is 29.6 Å². The molecule has 0 radical (unpaired) electrons. The Hall–Kier alpha value is -1.13. The van der Waals surface area contributed by atoms with Crippen molar-refractivity contribution in [2.24, 2.45) is 0 Å². The Bertz CT molecular complexity index is 512. The minimum absolute atomic E-state index is 0.0821. The lowest BCUT2D eigenvalue weighted by Gasteiger charge is -2.46. The summed E-state index contributed by atoms with van der Waals surface area (Å²) in [7, 11) is 2.16. The molecular weight excluding hydrogens is 279 g/mol. The van der Waals surface area contributed by atoms with Crippen LogP contribution in [0.2, 0.25) is 0 Å². The highest BCUT2D eigenvalue weighted by atomic mass is 19.1. The van der Waals surface area contributed by atoms with Crippen molar-refractivity contribution in [2.75, 3.05) is 26.7 Å². The van der Waals surface area contributed by atoms with Gasteiger partial charge in [-0.05, 0) is 51.1 Å². The number of fused-ring (bicyclic) bond motifs is 1. The van der Waals surface area contributed by atoms with E-state index in [-0.39, 0.29) is 17.5 Å². The van der Waals surface area contributed by atoms with Gasteiger partial charge >= 0.3 is 0 Å². The van der Waals surface area contributed by atoms with Crippen molar-refractivity contribution in [3.63, 3.8) is 0 Å². The molecule has 3 nitrogen and oxygen atoms in total. The lowest BCUT2D eigenvalue weighted by atomic mass is 9.80. The van der Waals surface area contributed by atoms with Gasteiger partial charge in [0.25, 0.3) is 0 Å². The van der Waals surface area contributed by atoms with E-state index in [1.807, 2.05) is 0 Å². The maximum absolute atomic E-state index is 13.7. The normalized spacial score (nSPS) is 24.0. The monoisotopic (exact) mass is 306 g/mol. The van der Waals surface area contributed by atoms with Crippen molar-refractivity contribution in [1.82, 2.24) is 10.2 Å². The average Bonchev–Trinajstić information content (AvgIpc) is 2.51. The molecule has 1 unspecified atom stereocenters. The van der Waals surface area contributed by atoms with Crippen molar-refractivity contribution in [2.45, 2.75) is 50.7 Å². The predicted molar refractivity (Wildman–Crippen MR) is 86.8 cm³/mol. The molecule has 0 saturated carbocycles. The fourth-order valence-corrected chi connectivity index (χ4v) is 3.61. The Balaban J connectivity index is 1.83. The molecule has 0 aromatic heterocycles. The van der Waals surface area contributed by atoms with Crippen LogP contribution in [0.25, 0.3) is 0 Å². The van der Waals surface area contributed by atoms with Crippen LogP contribution < -0.4 is 10.1 Å². The number of hydrogen-bond acceptors (Lipinski definition) is 3. The second kappa shape index (κ2) is 6.55. The fraction of sp³-hybridized carbons (Fsp3) is 0.667. The first-order chi connectivity index (χ1) is 10.6. The molecule has 2 aliphatic rings.